The Bertz CT molecular complexity index is 744. The van der Waals surface area contributed by atoms with Crippen LogP contribution in [0.1, 0.15) is 27.2 Å². The highest BCUT2D eigenvalue weighted by Gasteiger charge is 2.33. The molecule has 1 aliphatic rings. The van der Waals surface area contributed by atoms with Crippen LogP contribution in [-0.2, 0) is 4.74 Å². The van der Waals surface area contributed by atoms with Crippen LogP contribution in [0.5, 0.6) is 0 Å². The van der Waals surface area contributed by atoms with Crippen molar-refractivity contribution in [1.82, 2.24) is 24.5 Å². The minimum atomic E-state index is -1.12. The Labute approximate surface area is 145 Å². The third-order valence-electron chi connectivity index (χ3n) is 4.08. The second-order valence-corrected chi connectivity index (χ2v) is 7.21. The Morgan fingerprint density at radius 2 is 2.28 bits per heavy atom. The molecule has 8 nitrogen and oxygen atoms in total. The topological polar surface area (TPSA) is 84.7 Å². The normalized spacial score (nSPS) is 21.4. The zero-order chi connectivity index (χ0) is 18.0. The maximum atomic E-state index is 14.5. The first-order valence-corrected chi connectivity index (χ1v) is 8.34. The molecule has 0 aromatic carbocycles. The van der Waals surface area contributed by atoms with E-state index in [1.807, 2.05) is 0 Å². The van der Waals surface area contributed by atoms with E-state index in [1.54, 1.807) is 43.9 Å². The summed E-state index contributed by atoms with van der Waals surface area (Å²) in [4.78, 5) is 17.7. The Balaban J connectivity index is 1.55. The van der Waals surface area contributed by atoms with Crippen molar-refractivity contribution in [3.8, 4) is 0 Å². The molecule has 3 rings (SSSR count). The molecule has 3 heterocycles. The van der Waals surface area contributed by atoms with Crippen molar-refractivity contribution in [1.29, 1.82) is 0 Å². The molecule has 1 N–H and O–H groups in total. The number of fused-ring (bicyclic) bond motifs is 1. The molecule has 136 valence electrons. The van der Waals surface area contributed by atoms with Gasteiger partial charge in [-0.25, -0.2) is 14.2 Å². The van der Waals surface area contributed by atoms with Crippen LogP contribution >= 0.6 is 0 Å². The van der Waals surface area contributed by atoms with Crippen molar-refractivity contribution < 1.29 is 13.9 Å². The Hall–Kier alpha value is -2.45. The Morgan fingerprint density at radius 3 is 3.00 bits per heavy atom. The first-order valence-electron chi connectivity index (χ1n) is 8.34. The van der Waals surface area contributed by atoms with E-state index < -0.39 is 17.9 Å². The maximum absolute atomic E-state index is 14.5. The molecule has 0 radical (unpaired) electrons. The van der Waals surface area contributed by atoms with Gasteiger partial charge in [-0.05, 0) is 27.2 Å². The zero-order valence-corrected chi connectivity index (χ0v) is 14.6. The second kappa shape index (κ2) is 6.81. The summed E-state index contributed by atoms with van der Waals surface area (Å²) >= 11 is 0. The van der Waals surface area contributed by atoms with Crippen molar-refractivity contribution in [2.24, 2.45) is 5.92 Å². The molecule has 1 saturated heterocycles. The number of anilines is 1. The van der Waals surface area contributed by atoms with Gasteiger partial charge in [-0.3, -0.25) is 4.40 Å². The number of piperidine rings is 1. The van der Waals surface area contributed by atoms with Gasteiger partial charge in [0.1, 0.15) is 18.1 Å². The predicted octanol–water partition coefficient (Wildman–Crippen LogP) is 2.13. The number of ether oxygens (including phenoxy) is 1. The van der Waals surface area contributed by atoms with Gasteiger partial charge in [0, 0.05) is 31.4 Å². The van der Waals surface area contributed by atoms with Gasteiger partial charge >= 0.3 is 6.09 Å². The van der Waals surface area contributed by atoms with Crippen LogP contribution in [0.4, 0.5) is 15.0 Å². The minimum Gasteiger partial charge on any atom is -0.444 e. The molecule has 0 bridgehead atoms. The molecule has 1 amide bonds. The van der Waals surface area contributed by atoms with Gasteiger partial charge in [-0.2, -0.15) is 0 Å². The molecular formula is C16H23FN6O2. The van der Waals surface area contributed by atoms with E-state index in [-0.39, 0.29) is 12.5 Å². The van der Waals surface area contributed by atoms with Crippen molar-refractivity contribution in [2.75, 3.05) is 25.0 Å². The zero-order valence-electron chi connectivity index (χ0n) is 14.6. The number of nitrogens with one attached hydrogen (secondary N) is 1. The van der Waals surface area contributed by atoms with Crippen LogP contribution in [0.2, 0.25) is 0 Å². The number of halogens is 1. The van der Waals surface area contributed by atoms with E-state index in [0.29, 0.717) is 31.0 Å². The lowest BCUT2D eigenvalue weighted by molar-refractivity contribution is 0.00659. The molecule has 0 unspecified atom stereocenters. The number of hydrogen-bond acceptors (Lipinski definition) is 6. The van der Waals surface area contributed by atoms with Gasteiger partial charge < -0.3 is 15.0 Å². The molecule has 1 fully saturated rings. The first kappa shape index (κ1) is 17.4. The summed E-state index contributed by atoms with van der Waals surface area (Å²) < 4.78 is 21.6. The molecule has 25 heavy (non-hydrogen) atoms. The van der Waals surface area contributed by atoms with Crippen molar-refractivity contribution >= 4 is 17.6 Å². The van der Waals surface area contributed by atoms with Crippen LogP contribution < -0.4 is 5.32 Å². The summed E-state index contributed by atoms with van der Waals surface area (Å²) in [5.41, 5.74) is 0.0215. The fourth-order valence-corrected chi connectivity index (χ4v) is 2.79. The molecule has 2 aromatic rings. The molecule has 0 saturated carbocycles. The van der Waals surface area contributed by atoms with Crippen LogP contribution in [0.15, 0.2) is 18.7 Å². The SMILES string of the molecule is CC(C)(C)OC(=O)N1CC[C@H](CNc2nccn3cnnc23)[C@H](F)C1. The number of rotatable bonds is 3. The summed E-state index contributed by atoms with van der Waals surface area (Å²) in [7, 11) is 0. The average Bonchev–Trinajstić information content (AvgIpc) is 3.01. The van der Waals surface area contributed by atoms with Gasteiger partial charge in [0.25, 0.3) is 0 Å². The fourth-order valence-electron chi connectivity index (χ4n) is 2.79. The molecule has 0 spiro atoms. The van der Waals surface area contributed by atoms with Gasteiger partial charge in [0.2, 0.25) is 5.65 Å². The third kappa shape index (κ3) is 4.15. The number of amides is 1. The van der Waals surface area contributed by atoms with Crippen LogP contribution in [0, 0.1) is 5.92 Å². The van der Waals surface area contributed by atoms with Crippen LogP contribution in [-0.4, -0.2) is 62.0 Å². The van der Waals surface area contributed by atoms with Gasteiger partial charge in [0.15, 0.2) is 5.82 Å². The monoisotopic (exact) mass is 350 g/mol. The van der Waals surface area contributed by atoms with Crippen molar-refractivity contribution in [2.45, 2.75) is 39.0 Å². The quantitative estimate of drug-likeness (QED) is 0.913. The third-order valence-corrected chi connectivity index (χ3v) is 4.08. The smallest absolute Gasteiger partial charge is 0.410 e. The van der Waals surface area contributed by atoms with Crippen LogP contribution in [0.25, 0.3) is 5.65 Å². The number of carbonyl (C=O) groups excluding carboxylic acids is 1. The Morgan fingerprint density at radius 1 is 1.48 bits per heavy atom. The average molecular weight is 350 g/mol. The van der Waals surface area contributed by atoms with Crippen molar-refractivity contribution in [3.05, 3.63) is 18.7 Å². The highest BCUT2D eigenvalue weighted by molar-refractivity contribution is 5.68. The van der Waals surface area contributed by atoms with E-state index in [0.717, 1.165) is 0 Å². The van der Waals surface area contributed by atoms with E-state index in [4.69, 9.17) is 4.74 Å². The van der Waals surface area contributed by atoms with Gasteiger partial charge in [-0.1, -0.05) is 0 Å². The largest absolute Gasteiger partial charge is 0.444 e. The molecule has 1 aliphatic heterocycles. The minimum absolute atomic E-state index is 0.0455. The summed E-state index contributed by atoms with van der Waals surface area (Å²) in [5, 5.41) is 11.0. The maximum Gasteiger partial charge on any atom is 0.410 e. The number of aromatic nitrogens is 4. The summed E-state index contributed by atoms with van der Waals surface area (Å²) in [6.45, 7) is 6.34. The highest BCUT2D eigenvalue weighted by atomic mass is 19.1. The molecular weight excluding hydrogens is 327 g/mol. The van der Waals surface area contributed by atoms with Crippen LogP contribution in [0.3, 0.4) is 0 Å². The van der Waals surface area contributed by atoms with E-state index in [2.05, 4.69) is 20.5 Å². The number of carbonyl (C=O) groups is 1. The lowest BCUT2D eigenvalue weighted by Gasteiger charge is -2.35. The number of likely N-dealkylation sites (tertiary alicyclic amines) is 1. The summed E-state index contributed by atoms with van der Waals surface area (Å²) in [6, 6.07) is 0. The lowest BCUT2D eigenvalue weighted by atomic mass is 9.95. The number of nitrogens with zero attached hydrogens (tertiary/aromatic N) is 5. The fraction of sp³-hybridized carbons (Fsp3) is 0.625. The molecule has 0 aliphatic carbocycles. The summed E-state index contributed by atoms with van der Waals surface area (Å²) in [5.74, 6) is 0.366. The predicted molar refractivity (Wildman–Crippen MR) is 90.1 cm³/mol. The standard InChI is InChI=1S/C16H23FN6O2/c1-16(2,3)25-15(24)22-6-4-11(12(17)9-22)8-19-13-14-21-20-10-23(14)7-5-18-13/h5,7,10-12H,4,6,8-9H2,1-3H3,(H,18,19)/t11-,12-/m1/s1. The van der Waals surface area contributed by atoms with E-state index >= 15 is 0 Å². The van der Waals surface area contributed by atoms with E-state index in [9.17, 15) is 9.18 Å². The Kier molecular flexibility index (Phi) is 4.73. The van der Waals surface area contributed by atoms with Crippen molar-refractivity contribution in [3.63, 3.8) is 0 Å². The van der Waals surface area contributed by atoms with E-state index in [1.165, 1.54) is 4.90 Å². The lowest BCUT2D eigenvalue weighted by Crippen LogP contribution is -2.48. The van der Waals surface area contributed by atoms with Gasteiger partial charge in [-0.15, -0.1) is 10.2 Å². The first-order chi connectivity index (χ1) is 11.8. The number of alkyl halides is 1. The number of hydrogen-bond donors (Lipinski definition) is 1. The molecule has 2 atom stereocenters. The van der Waals surface area contributed by atoms with Gasteiger partial charge in [0.05, 0.1) is 6.54 Å². The molecule has 2 aromatic heterocycles. The molecule has 9 heteroatoms. The second-order valence-electron chi connectivity index (χ2n) is 7.21. The summed E-state index contributed by atoms with van der Waals surface area (Å²) in [6.07, 6.45) is 3.94. The highest BCUT2D eigenvalue weighted by Crippen LogP contribution is 2.23.